The van der Waals surface area contributed by atoms with Crippen LogP contribution in [-0.2, 0) is 4.74 Å². The Balaban J connectivity index is 1.25. The summed E-state index contributed by atoms with van der Waals surface area (Å²) in [5.41, 5.74) is 0.217. The molecular weight excluding hydrogens is 444 g/mol. The minimum absolute atomic E-state index is 0.0300. The minimum Gasteiger partial charge on any atom is -0.371 e. The van der Waals surface area contributed by atoms with Gasteiger partial charge in [0.15, 0.2) is 11.3 Å². The first-order valence-corrected chi connectivity index (χ1v) is 11.9. The summed E-state index contributed by atoms with van der Waals surface area (Å²) in [6.07, 6.45) is 7.28. The van der Waals surface area contributed by atoms with E-state index in [-0.39, 0.29) is 29.5 Å². The van der Waals surface area contributed by atoms with Crippen molar-refractivity contribution >= 4 is 23.1 Å². The first kappa shape index (κ1) is 21.5. The Labute approximate surface area is 195 Å². The van der Waals surface area contributed by atoms with Crippen molar-refractivity contribution in [1.82, 2.24) is 24.4 Å². The molecule has 3 aromatic rings. The molecule has 180 valence electrons. The molecule has 9 nitrogen and oxygen atoms in total. The number of carbonyl (C=O) groups is 1. The molecule has 0 spiro atoms. The second kappa shape index (κ2) is 8.30. The third-order valence-electron chi connectivity index (χ3n) is 7.26. The number of rotatable bonds is 5. The van der Waals surface area contributed by atoms with Gasteiger partial charge in [0.25, 0.3) is 12.3 Å². The highest BCUT2D eigenvalue weighted by atomic mass is 19.3. The molecule has 1 aliphatic carbocycles. The van der Waals surface area contributed by atoms with E-state index < -0.39 is 18.0 Å². The summed E-state index contributed by atoms with van der Waals surface area (Å²) >= 11 is 0. The fourth-order valence-corrected chi connectivity index (χ4v) is 5.29. The van der Waals surface area contributed by atoms with Crippen LogP contribution in [0.1, 0.15) is 67.5 Å². The zero-order valence-electron chi connectivity index (χ0n) is 18.9. The molecular formula is C23H27F2N7O2. The summed E-state index contributed by atoms with van der Waals surface area (Å²) in [6, 6.07) is 1.93. The van der Waals surface area contributed by atoms with E-state index in [1.54, 1.807) is 10.9 Å². The molecule has 3 saturated heterocycles. The maximum atomic E-state index is 13.7. The van der Waals surface area contributed by atoms with E-state index >= 15 is 0 Å². The second-order valence-electron chi connectivity index (χ2n) is 9.71. The Hall–Kier alpha value is -3.08. The molecule has 4 fully saturated rings. The quantitative estimate of drug-likeness (QED) is 0.608. The highest BCUT2D eigenvalue weighted by molar-refractivity contribution is 6.08. The predicted molar refractivity (Wildman–Crippen MR) is 120 cm³/mol. The topological polar surface area (TPSA) is 89.6 Å². The number of nitrogens with one attached hydrogen (secondary N) is 1. The van der Waals surface area contributed by atoms with Gasteiger partial charge in [-0.2, -0.15) is 10.2 Å². The number of hydrogen-bond donors (Lipinski definition) is 1. The van der Waals surface area contributed by atoms with Crippen molar-refractivity contribution < 1.29 is 18.3 Å². The Morgan fingerprint density at radius 2 is 1.94 bits per heavy atom. The number of piperidine rings is 1. The number of anilines is 2. The van der Waals surface area contributed by atoms with Crippen LogP contribution in [0.25, 0.3) is 5.65 Å². The third kappa shape index (κ3) is 3.81. The van der Waals surface area contributed by atoms with Crippen molar-refractivity contribution in [1.29, 1.82) is 0 Å². The smallest absolute Gasteiger partial charge is 0.284 e. The predicted octanol–water partition coefficient (Wildman–Crippen LogP) is 3.84. The molecule has 1 saturated carbocycles. The van der Waals surface area contributed by atoms with E-state index in [2.05, 4.69) is 32.3 Å². The standard InChI is InChI=1S/C23H27F2N7O2/c1-13-2-4-14(5-3-13)32-12-18(20(29-32)21(24)25)27-23(33)17-9-26-31-7-6-19(28-22(17)31)30-10-15-8-16(11-30)34-15/h6-7,9,12-16,21H,2-5,8,10-11H2,1H3,(H,27,33)/t13-,14-,15?,16?. The van der Waals surface area contributed by atoms with Gasteiger partial charge in [0.1, 0.15) is 11.4 Å². The van der Waals surface area contributed by atoms with E-state index in [9.17, 15) is 13.6 Å². The van der Waals surface area contributed by atoms with Crippen LogP contribution in [-0.4, -0.2) is 55.6 Å². The van der Waals surface area contributed by atoms with Crippen molar-refractivity contribution in [2.45, 2.75) is 63.7 Å². The second-order valence-corrected chi connectivity index (χ2v) is 9.71. The normalized spacial score (nSPS) is 26.6. The molecule has 2 atom stereocenters. The van der Waals surface area contributed by atoms with Crippen molar-refractivity contribution in [3.8, 4) is 0 Å². The van der Waals surface area contributed by atoms with Crippen LogP contribution in [0.15, 0.2) is 24.7 Å². The number of nitrogens with zero attached hydrogens (tertiary/aromatic N) is 6. The maximum absolute atomic E-state index is 13.7. The van der Waals surface area contributed by atoms with E-state index in [1.807, 2.05) is 6.07 Å². The van der Waals surface area contributed by atoms with Crippen molar-refractivity contribution in [3.63, 3.8) is 0 Å². The summed E-state index contributed by atoms with van der Waals surface area (Å²) in [4.78, 5) is 19.9. The molecule has 0 radical (unpaired) electrons. The fourth-order valence-electron chi connectivity index (χ4n) is 5.29. The number of aromatic nitrogens is 5. The Morgan fingerprint density at radius 3 is 2.65 bits per heavy atom. The number of hydrogen-bond acceptors (Lipinski definition) is 6. The summed E-state index contributed by atoms with van der Waals surface area (Å²) < 4.78 is 36.3. The molecule has 3 aliphatic heterocycles. The summed E-state index contributed by atoms with van der Waals surface area (Å²) in [7, 11) is 0. The zero-order chi connectivity index (χ0) is 23.4. The lowest BCUT2D eigenvalue weighted by Crippen LogP contribution is -2.57. The number of ether oxygens (including phenoxy) is 1. The number of alkyl halides is 2. The van der Waals surface area contributed by atoms with Gasteiger partial charge >= 0.3 is 0 Å². The molecule has 34 heavy (non-hydrogen) atoms. The van der Waals surface area contributed by atoms with Crippen LogP contribution in [0.4, 0.5) is 20.3 Å². The lowest BCUT2D eigenvalue weighted by atomic mass is 9.87. The maximum Gasteiger partial charge on any atom is 0.284 e. The van der Waals surface area contributed by atoms with Crippen LogP contribution < -0.4 is 10.2 Å². The van der Waals surface area contributed by atoms with Gasteiger partial charge in [-0.1, -0.05) is 6.92 Å². The van der Waals surface area contributed by atoms with Gasteiger partial charge in [-0.25, -0.2) is 18.3 Å². The van der Waals surface area contributed by atoms with Crippen molar-refractivity contribution in [2.24, 2.45) is 5.92 Å². The van der Waals surface area contributed by atoms with E-state index in [1.165, 1.54) is 16.9 Å². The van der Waals surface area contributed by atoms with Crippen LogP contribution in [0.3, 0.4) is 0 Å². The van der Waals surface area contributed by atoms with Crippen LogP contribution in [0.2, 0.25) is 0 Å². The number of fused-ring (bicyclic) bond motifs is 3. The molecule has 1 amide bonds. The third-order valence-corrected chi connectivity index (χ3v) is 7.26. The van der Waals surface area contributed by atoms with Gasteiger partial charge in [0, 0.05) is 31.9 Å². The van der Waals surface area contributed by atoms with Crippen molar-refractivity contribution in [2.75, 3.05) is 23.3 Å². The molecule has 2 bridgehead atoms. The monoisotopic (exact) mass is 471 g/mol. The first-order valence-electron chi connectivity index (χ1n) is 11.9. The molecule has 6 heterocycles. The Morgan fingerprint density at radius 1 is 1.21 bits per heavy atom. The molecule has 4 aliphatic rings. The van der Waals surface area contributed by atoms with Gasteiger partial charge in [-0.15, -0.1) is 0 Å². The van der Waals surface area contributed by atoms with Gasteiger partial charge in [0.2, 0.25) is 0 Å². The summed E-state index contributed by atoms with van der Waals surface area (Å²) in [6.45, 7) is 3.71. The number of halogens is 2. The van der Waals surface area contributed by atoms with E-state index in [4.69, 9.17) is 4.74 Å². The van der Waals surface area contributed by atoms with Crippen LogP contribution >= 0.6 is 0 Å². The highest BCUT2D eigenvalue weighted by Crippen LogP contribution is 2.35. The lowest BCUT2D eigenvalue weighted by molar-refractivity contribution is -0.133. The molecule has 11 heteroatoms. The summed E-state index contributed by atoms with van der Waals surface area (Å²) in [5, 5.41) is 11.0. The van der Waals surface area contributed by atoms with Gasteiger partial charge in [-0.3, -0.25) is 9.48 Å². The Kier molecular flexibility index (Phi) is 5.23. The first-order chi connectivity index (χ1) is 16.4. The molecule has 7 rings (SSSR count). The molecule has 0 aromatic carbocycles. The van der Waals surface area contributed by atoms with Gasteiger partial charge < -0.3 is 15.0 Å². The Bertz CT molecular complexity index is 1200. The average molecular weight is 472 g/mol. The van der Waals surface area contributed by atoms with Crippen LogP contribution in [0, 0.1) is 5.92 Å². The summed E-state index contributed by atoms with van der Waals surface area (Å²) in [5.74, 6) is 0.840. The fraction of sp³-hybridized carbons (Fsp3) is 0.565. The SMILES string of the molecule is C[C@H]1CC[C@H](n2cc(NC(=O)c3cnn4ccc(N5CC6CC(C5)O6)nc34)c(C(F)F)n2)CC1. The average Bonchev–Trinajstić information content (AvgIpc) is 3.43. The lowest BCUT2D eigenvalue weighted by Gasteiger charge is -2.47. The zero-order valence-corrected chi connectivity index (χ0v) is 18.9. The molecule has 3 aromatic heterocycles. The van der Waals surface area contributed by atoms with Crippen molar-refractivity contribution in [3.05, 3.63) is 35.9 Å². The van der Waals surface area contributed by atoms with Gasteiger partial charge in [-0.05, 0) is 37.7 Å². The molecule has 1 N–H and O–H groups in total. The number of amides is 1. The number of morpholine rings is 1. The number of carbonyl (C=O) groups excluding carboxylic acids is 1. The van der Waals surface area contributed by atoms with E-state index in [0.29, 0.717) is 11.6 Å². The highest BCUT2D eigenvalue weighted by Gasteiger charge is 2.39. The van der Waals surface area contributed by atoms with E-state index in [0.717, 1.165) is 51.0 Å². The molecule has 2 unspecified atom stereocenters. The largest absolute Gasteiger partial charge is 0.371 e. The van der Waals surface area contributed by atoms with Crippen LogP contribution in [0.5, 0.6) is 0 Å². The van der Waals surface area contributed by atoms with Gasteiger partial charge in [0.05, 0.1) is 30.1 Å². The minimum atomic E-state index is -2.79.